The van der Waals surface area contributed by atoms with Crippen molar-refractivity contribution in [3.05, 3.63) is 41.5 Å². The molecule has 1 heterocycles. The van der Waals surface area contributed by atoms with Gasteiger partial charge in [-0.05, 0) is 17.7 Å². The van der Waals surface area contributed by atoms with Gasteiger partial charge in [0.2, 0.25) is 0 Å². The van der Waals surface area contributed by atoms with E-state index < -0.39 is 0 Å². The van der Waals surface area contributed by atoms with Crippen LogP contribution in [0.1, 0.15) is 29.8 Å². The maximum Gasteiger partial charge on any atom is 0.337 e. The first-order chi connectivity index (χ1) is 8.02. The highest BCUT2D eigenvalue weighted by Crippen LogP contribution is 2.28. The Kier molecular flexibility index (Phi) is 2.92. The molecule has 0 atom stereocenters. The van der Waals surface area contributed by atoms with E-state index in [0.29, 0.717) is 5.56 Å². The summed E-state index contributed by atoms with van der Waals surface area (Å²) in [6.07, 6.45) is 2.22. The zero-order valence-corrected chi connectivity index (χ0v) is 10.4. The molecule has 2 rings (SSSR count). The molecular formula is C14H17NO2. The summed E-state index contributed by atoms with van der Waals surface area (Å²) in [6, 6.07) is 7.45. The zero-order valence-electron chi connectivity index (χ0n) is 10.4. The Morgan fingerprint density at radius 3 is 2.41 bits per heavy atom. The van der Waals surface area contributed by atoms with Crippen LogP contribution in [0.3, 0.4) is 0 Å². The molecule has 90 valence electrons. The minimum absolute atomic E-state index is 0.191. The smallest absolute Gasteiger partial charge is 0.337 e. The molecule has 0 aromatic heterocycles. The first-order valence-corrected chi connectivity index (χ1v) is 5.67. The normalized spacial score (nSPS) is 17.2. The summed E-state index contributed by atoms with van der Waals surface area (Å²) < 4.78 is 4.67. The van der Waals surface area contributed by atoms with E-state index in [1.807, 2.05) is 12.1 Å². The molecule has 0 unspecified atom stereocenters. The first-order valence-electron chi connectivity index (χ1n) is 5.67. The third-order valence-corrected chi connectivity index (χ3v) is 2.89. The van der Waals surface area contributed by atoms with Crippen LogP contribution in [-0.4, -0.2) is 19.6 Å². The number of benzene rings is 1. The third kappa shape index (κ3) is 2.49. The molecule has 3 nitrogen and oxygen atoms in total. The molecule has 1 aliphatic rings. The van der Waals surface area contributed by atoms with E-state index in [2.05, 4.69) is 30.0 Å². The average Bonchev–Trinajstić information content (AvgIpc) is 2.69. The highest BCUT2D eigenvalue weighted by Gasteiger charge is 2.22. The molecule has 3 heteroatoms. The van der Waals surface area contributed by atoms with E-state index >= 15 is 0 Å². The number of rotatable bonds is 2. The van der Waals surface area contributed by atoms with Gasteiger partial charge in [-0.15, -0.1) is 0 Å². The van der Waals surface area contributed by atoms with E-state index in [0.717, 1.165) is 17.8 Å². The van der Waals surface area contributed by atoms with Gasteiger partial charge in [0, 0.05) is 17.7 Å². The van der Waals surface area contributed by atoms with E-state index in [1.54, 1.807) is 12.1 Å². The Balaban J connectivity index is 2.22. The second-order valence-electron chi connectivity index (χ2n) is 4.97. The first kappa shape index (κ1) is 11.7. The van der Waals surface area contributed by atoms with Gasteiger partial charge in [-0.25, -0.2) is 4.79 Å². The number of carbonyl (C=O) groups excluding carboxylic acids is 1. The lowest BCUT2D eigenvalue weighted by molar-refractivity contribution is 0.0600. The van der Waals surface area contributed by atoms with Crippen LogP contribution in [0.2, 0.25) is 0 Å². The van der Waals surface area contributed by atoms with Crippen LogP contribution >= 0.6 is 0 Å². The quantitative estimate of drug-likeness (QED) is 0.794. The summed E-state index contributed by atoms with van der Waals surface area (Å²) in [5.74, 6) is -0.301. The lowest BCUT2D eigenvalue weighted by Crippen LogP contribution is -2.17. The number of carbonyl (C=O) groups is 1. The molecule has 1 aliphatic heterocycles. The fourth-order valence-electron chi connectivity index (χ4n) is 1.90. The molecule has 0 spiro atoms. The van der Waals surface area contributed by atoms with Gasteiger partial charge in [-0.2, -0.15) is 0 Å². The fourth-order valence-corrected chi connectivity index (χ4v) is 1.90. The van der Waals surface area contributed by atoms with E-state index in [4.69, 9.17) is 0 Å². The Labute approximate surface area is 101 Å². The summed E-state index contributed by atoms with van der Waals surface area (Å²) in [6.45, 7) is 5.33. The van der Waals surface area contributed by atoms with Gasteiger partial charge in [-0.1, -0.05) is 32.1 Å². The molecule has 1 aromatic carbocycles. The highest BCUT2D eigenvalue weighted by molar-refractivity contribution is 5.89. The molecule has 17 heavy (non-hydrogen) atoms. The molecule has 0 aliphatic carbocycles. The van der Waals surface area contributed by atoms with E-state index in [1.165, 1.54) is 7.11 Å². The Morgan fingerprint density at radius 1 is 1.29 bits per heavy atom. The van der Waals surface area contributed by atoms with E-state index in [9.17, 15) is 4.79 Å². The van der Waals surface area contributed by atoms with Crippen molar-refractivity contribution in [3.63, 3.8) is 0 Å². The summed E-state index contributed by atoms with van der Waals surface area (Å²) in [4.78, 5) is 11.3. The van der Waals surface area contributed by atoms with Crippen LogP contribution in [0.5, 0.6) is 0 Å². The molecule has 0 saturated heterocycles. The van der Waals surface area contributed by atoms with E-state index in [-0.39, 0.29) is 11.4 Å². The van der Waals surface area contributed by atoms with Crippen molar-refractivity contribution in [3.8, 4) is 0 Å². The average molecular weight is 231 g/mol. The molecule has 1 aromatic rings. The van der Waals surface area contributed by atoms with Gasteiger partial charge < -0.3 is 10.1 Å². The van der Waals surface area contributed by atoms with Gasteiger partial charge in [0.15, 0.2) is 0 Å². The van der Waals surface area contributed by atoms with Gasteiger partial charge in [0.25, 0.3) is 0 Å². The molecule has 0 saturated carbocycles. The minimum atomic E-state index is -0.301. The summed E-state index contributed by atoms with van der Waals surface area (Å²) in [7, 11) is 1.39. The number of ether oxygens (including phenoxy) is 1. The topological polar surface area (TPSA) is 38.3 Å². The summed E-state index contributed by atoms with van der Waals surface area (Å²) >= 11 is 0. The lowest BCUT2D eigenvalue weighted by Gasteiger charge is -2.11. The van der Waals surface area contributed by atoms with Crippen molar-refractivity contribution >= 4 is 11.7 Å². The molecule has 0 amide bonds. The van der Waals surface area contributed by atoms with Crippen molar-refractivity contribution in [1.82, 2.24) is 5.32 Å². The van der Waals surface area contributed by atoms with Crippen molar-refractivity contribution in [2.45, 2.75) is 13.8 Å². The third-order valence-electron chi connectivity index (χ3n) is 2.89. The lowest BCUT2D eigenvalue weighted by atomic mass is 9.95. The number of nitrogens with one attached hydrogen (secondary N) is 1. The van der Waals surface area contributed by atoms with Crippen LogP contribution in [0, 0.1) is 5.41 Å². The van der Waals surface area contributed by atoms with Crippen molar-refractivity contribution < 1.29 is 9.53 Å². The summed E-state index contributed by atoms with van der Waals surface area (Å²) in [5.41, 5.74) is 3.00. The maximum absolute atomic E-state index is 11.3. The number of esters is 1. The Bertz CT molecular complexity index is 458. The van der Waals surface area contributed by atoms with Crippen molar-refractivity contribution in [2.24, 2.45) is 5.41 Å². The molecule has 1 N–H and O–H groups in total. The molecule has 0 radical (unpaired) electrons. The fraction of sp³-hybridized carbons (Fsp3) is 0.357. The van der Waals surface area contributed by atoms with Gasteiger partial charge >= 0.3 is 5.97 Å². The summed E-state index contributed by atoms with van der Waals surface area (Å²) in [5, 5.41) is 3.37. The van der Waals surface area contributed by atoms with Crippen LogP contribution in [0.15, 0.2) is 30.3 Å². The van der Waals surface area contributed by atoms with Crippen LogP contribution < -0.4 is 5.32 Å². The number of methoxy groups -OCH3 is 1. The Hall–Kier alpha value is -1.77. The monoisotopic (exact) mass is 231 g/mol. The zero-order chi connectivity index (χ0) is 12.5. The van der Waals surface area contributed by atoms with Gasteiger partial charge in [-0.3, -0.25) is 0 Å². The van der Waals surface area contributed by atoms with Gasteiger partial charge in [0.1, 0.15) is 0 Å². The van der Waals surface area contributed by atoms with Gasteiger partial charge in [0.05, 0.1) is 12.7 Å². The SMILES string of the molecule is COC(=O)c1ccc(C2=CC(C)(C)CN2)cc1. The second-order valence-corrected chi connectivity index (χ2v) is 4.97. The molecule has 0 fully saturated rings. The minimum Gasteiger partial charge on any atom is -0.465 e. The molecular weight excluding hydrogens is 214 g/mol. The number of hydrogen-bond donors (Lipinski definition) is 1. The largest absolute Gasteiger partial charge is 0.465 e. The highest BCUT2D eigenvalue weighted by atomic mass is 16.5. The molecule has 0 bridgehead atoms. The predicted molar refractivity (Wildman–Crippen MR) is 67.5 cm³/mol. The predicted octanol–water partition coefficient (Wildman–Crippen LogP) is 2.44. The van der Waals surface area contributed by atoms with Crippen LogP contribution in [0.25, 0.3) is 5.70 Å². The van der Waals surface area contributed by atoms with Crippen LogP contribution in [-0.2, 0) is 4.74 Å². The van der Waals surface area contributed by atoms with Crippen molar-refractivity contribution in [2.75, 3.05) is 13.7 Å². The second kappa shape index (κ2) is 4.24. The number of hydrogen-bond acceptors (Lipinski definition) is 3. The van der Waals surface area contributed by atoms with Crippen LogP contribution in [0.4, 0.5) is 0 Å². The maximum atomic E-state index is 11.3. The standard InChI is InChI=1S/C14H17NO2/c1-14(2)8-12(15-9-14)10-4-6-11(7-5-10)13(16)17-3/h4-8,15H,9H2,1-3H3. The van der Waals surface area contributed by atoms with Crippen molar-refractivity contribution in [1.29, 1.82) is 0 Å². The Morgan fingerprint density at radius 2 is 1.94 bits per heavy atom.